The van der Waals surface area contributed by atoms with Crippen LogP contribution in [0.25, 0.3) is 0 Å². The van der Waals surface area contributed by atoms with Gasteiger partial charge in [-0.1, -0.05) is 6.08 Å². The molecule has 7 nitrogen and oxygen atoms in total. The summed E-state index contributed by atoms with van der Waals surface area (Å²) in [6, 6.07) is 5.21. The van der Waals surface area contributed by atoms with Gasteiger partial charge in [-0.15, -0.1) is 6.58 Å². The number of rotatable bonds is 4. The van der Waals surface area contributed by atoms with Crippen LogP contribution in [-0.2, 0) is 9.59 Å². The zero-order valence-corrected chi connectivity index (χ0v) is 10.6. The van der Waals surface area contributed by atoms with Crippen LogP contribution < -0.4 is 20.2 Å². The van der Waals surface area contributed by atoms with E-state index in [2.05, 4.69) is 22.4 Å². The Kier molecular flexibility index (Phi) is 4.33. The molecule has 2 amide bonds. The monoisotopic (exact) mass is 275 g/mol. The Hall–Kier alpha value is -2.83. The Morgan fingerprint density at radius 3 is 2.90 bits per heavy atom. The van der Waals surface area contributed by atoms with Gasteiger partial charge in [0, 0.05) is 6.54 Å². The zero-order chi connectivity index (χ0) is 14.4. The summed E-state index contributed by atoms with van der Waals surface area (Å²) < 4.78 is 10.4. The first-order chi connectivity index (χ1) is 9.70. The number of benzene rings is 1. The summed E-state index contributed by atoms with van der Waals surface area (Å²) in [4.78, 5) is 22.5. The molecule has 2 N–H and O–H groups in total. The van der Waals surface area contributed by atoms with Gasteiger partial charge in [-0.2, -0.15) is 5.10 Å². The van der Waals surface area contributed by atoms with Gasteiger partial charge in [-0.05, 0) is 23.8 Å². The number of hydrazone groups is 1. The second kappa shape index (κ2) is 6.37. The van der Waals surface area contributed by atoms with Crippen LogP contribution >= 0.6 is 0 Å². The third kappa shape index (κ3) is 3.35. The predicted octanol–water partition coefficient (Wildman–Crippen LogP) is 0.168. The fourth-order valence-corrected chi connectivity index (χ4v) is 1.45. The lowest BCUT2D eigenvalue weighted by Gasteiger charge is -2.00. The van der Waals surface area contributed by atoms with Crippen molar-refractivity contribution in [3.63, 3.8) is 0 Å². The molecule has 0 bridgehead atoms. The number of carbonyl (C=O) groups is 2. The van der Waals surface area contributed by atoms with Crippen molar-refractivity contribution in [2.45, 2.75) is 0 Å². The van der Waals surface area contributed by atoms with Crippen LogP contribution in [0.3, 0.4) is 0 Å². The zero-order valence-electron chi connectivity index (χ0n) is 10.6. The van der Waals surface area contributed by atoms with Crippen LogP contribution in [0.4, 0.5) is 0 Å². The Labute approximate surface area is 115 Å². The van der Waals surface area contributed by atoms with E-state index in [1.54, 1.807) is 18.2 Å². The molecule has 0 saturated heterocycles. The Balaban J connectivity index is 1.88. The molecule has 1 aromatic rings. The maximum atomic E-state index is 11.3. The lowest BCUT2D eigenvalue weighted by atomic mass is 10.2. The van der Waals surface area contributed by atoms with Gasteiger partial charge < -0.3 is 14.8 Å². The molecule has 0 aliphatic carbocycles. The van der Waals surface area contributed by atoms with Crippen molar-refractivity contribution in [3.05, 3.63) is 36.4 Å². The second-order valence-electron chi connectivity index (χ2n) is 3.81. The molecule has 1 aliphatic rings. The summed E-state index contributed by atoms with van der Waals surface area (Å²) in [6.45, 7) is 3.84. The van der Waals surface area contributed by atoms with Gasteiger partial charge in [0.1, 0.15) is 0 Å². The standard InChI is InChI=1S/C13H13N3O4/c1-2-5-14-12(17)13(18)16-15-7-9-3-4-10-11(6-9)20-8-19-10/h2-4,6-7H,1,5,8H2,(H,14,17)(H,16,18)/b15-7-. The van der Waals surface area contributed by atoms with Crippen molar-refractivity contribution in [2.75, 3.05) is 13.3 Å². The van der Waals surface area contributed by atoms with Crippen LogP contribution in [-0.4, -0.2) is 31.4 Å². The van der Waals surface area contributed by atoms with Crippen LogP contribution in [0.1, 0.15) is 5.56 Å². The molecule has 104 valence electrons. The number of hydrogen-bond acceptors (Lipinski definition) is 5. The van der Waals surface area contributed by atoms with E-state index >= 15 is 0 Å². The quantitative estimate of drug-likeness (QED) is 0.355. The van der Waals surface area contributed by atoms with Crippen molar-refractivity contribution >= 4 is 18.0 Å². The molecule has 0 fully saturated rings. The number of nitrogens with zero attached hydrogens (tertiary/aromatic N) is 1. The highest BCUT2D eigenvalue weighted by Gasteiger charge is 2.13. The highest BCUT2D eigenvalue weighted by atomic mass is 16.7. The van der Waals surface area contributed by atoms with E-state index in [0.717, 1.165) is 0 Å². The van der Waals surface area contributed by atoms with Crippen molar-refractivity contribution in [2.24, 2.45) is 5.10 Å². The van der Waals surface area contributed by atoms with Crippen LogP contribution in [0.2, 0.25) is 0 Å². The fourth-order valence-electron chi connectivity index (χ4n) is 1.45. The Bertz CT molecular complexity index is 569. The van der Waals surface area contributed by atoms with Crippen LogP contribution in [0.5, 0.6) is 11.5 Å². The van der Waals surface area contributed by atoms with Crippen molar-refractivity contribution < 1.29 is 19.1 Å². The van der Waals surface area contributed by atoms with Gasteiger partial charge in [-0.3, -0.25) is 9.59 Å². The van der Waals surface area contributed by atoms with E-state index in [9.17, 15) is 9.59 Å². The maximum Gasteiger partial charge on any atom is 0.329 e. The average Bonchev–Trinajstić information content (AvgIpc) is 2.92. The third-order valence-electron chi connectivity index (χ3n) is 2.39. The molecule has 1 aromatic carbocycles. The first kappa shape index (κ1) is 13.6. The van der Waals surface area contributed by atoms with Gasteiger partial charge in [-0.25, -0.2) is 5.43 Å². The van der Waals surface area contributed by atoms with Crippen molar-refractivity contribution in [3.8, 4) is 11.5 Å². The highest BCUT2D eigenvalue weighted by molar-refractivity contribution is 6.35. The van der Waals surface area contributed by atoms with Gasteiger partial charge in [0.05, 0.1) is 6.21 Å². The van der Waals surface area contributed by atoms with Crippen LogP contribution in [0.15, 0.2) is 36.0 Å². The SMILES string of the molecule is C=CCNC(=O)C(=O)N/N=C\c1ccc2c(c1)OCO2. The minimum atomic E-state index is -0.844. The summed E-state index contributed by atoms with van der Waals surface area (Å²) in [5.74, 6) is -0.337. The minimum Gasteiger partial charge on any atom is -0.454 e. The van der Waals surface area contributed by atoms with E-state index in [0.29, 0.717) is 17.1 Å². The number of ether oxygens (including phenoxy) is 2. The van der Waals surface area contributed by atoms with Gasteiger partial charge in [0.2, 0.25) is 6.79 Å². The maximum absolute atomic E-state index is 11.3. The second-order valence-corrected chi connectivity index (χ2v) is 3.81. The topological polar surface area (TPSA) is 89.0 Å². The van der Waals surface area contributed by atoms with Crippen molar-refractivity contribution in [1.82, 2.24) is 10.7 Å². The number of carbonyl (C=O) groups excluding carboxylic acids is 2. The van der Waals surface area contributed by atoms with Gasteiger partial charge >= 0.3 is 11.8 Å². The third-order valence-corrected chi connectivity index (χ3v) is 2.39. The van der Waals surface area contributed by atoms with E-state index in [-0.39, 0.29) is 13.3 Å². The highest BCUT2D eigenvalue weighted by Crippen LogP contribution is 2.31. The smallest absolute Gasteiger partial charge is 0.329 e. The number of amides is 2. The molecule has 7 heteroatoms. The summed E-state index contributed by atoms with van der Waals surface area (Å²) >= 11 is 0. The van der Waals surface area contributed by atoms with Crippen LogP contribution in [0, 0.1) is 0 Å². The number of fused-ring (bicyclic) bond motifs is 1. The first-order valence-electron chi connectivity index (χ1n) is 5.82. The summed E-state index contributed by atoms with van der Waals surface area (Å²) in [5.41, 5.74) is 2.83. The fraction of sp³-hybridized carbons (Fsp3) is 0.154. The molecule has 20 heavy (non-hydrogen) atoms. The molecule has 0 aromatic heterocycles. The molecular formula is C13H13N3O4. The van der Waals surface area contributed by atoms with Gasteiger partial charge in [0.15, 0.2) is 11.5 Å². The van der Waals surface area contributed by atoms with Gasteiger partial charge in [0.25, 0.3) is 0 Å². The Morgan fingerprint density at radius 1 is 1.30 bits per heavy atom. The van der Waals surface area contributed by atoms with E-state index in [1.807, 2.05) is 0 Å². The molecule has 1 heterocycles. The lowest BCUT2D eigenvalue weighted by molar-refractivity contribution is -0.139. The molecular weight excluding hydrogens is 262 g/mol. The number of nitrogens with one attached hydrogen (secondary N) is 2. The lowest BCUT2D eigenvalue weighted by Crippen LogP contribution is -2.37. The number of hydrogen-bond donors (Lipinski definition) is 2. The normalized spacial score (nSPS) is 12.2. The average molecular weight is 275 g/mol. The molecule has 0 radical (unpaired) electrons. The molecule has 0 spiro atoms. The van der Waals surface area contributed by atoms with Crippen molar-refractivity contribution in [1.29, 1.82) is 0 Å². The van der Waals surface area contributed by atoms with E-state index in [4.69, 9.17) is 9.47 Å². The predicted molar refractivity (Wildman–Crippen MR) is 71.5 cm³/mol. The molecule has 0 atom stereocenters. The Morgan fingerprint density at radius 2 is 2.10 bits per heavy atom. The summed E-state index contributed by atoms with van der Waals surface area (Å²) in [6.07, 6.45) is 2.88. The van der Waals surface area contributed by atoms with E-state index in [1.165, 1.54) is 12.3 Å². The summed E-state index contributed by atoms with van der Waals surface area (Å²) in [7, 11) is 0. The molecule has 2 rings (SSSR count). The summed E-state index contributed by atoms with van der Waals surface area (Å²) in [5, 5.41) is 6.02. The molecule has 0 unspecified atom stereocenters. The molecule has 1 aliphatic heterocycles. The largest absolute Gasteiger partial charge is 0.454 e. The first-order valence-corrected chi connectivity index (χ1v) is 5.82. The molecule has 0 saturated carbocycles. The minimum absolute atomic E-state index is 0.191. The van der Waals surface area contributed by atoms with E-state index < -0.39 is 11.8 Å².